The van der Waals surface area contributed by atoms with Crippen LogP contribution in [-0.4, -0.2) is 19.1 Å². The molecule has 0 radical (unpaired) electrons. The number of carbonyl (C=O) groups excluding carboxylic acids is 1. The molecular formula is C25H24BrN3O2. The Morgan fingerprint density at radius 3 is 2.10 bits per heavy atom. The molecule has 4 atom stereocenters. The van der Waals surface area contributed by atoms with Gasteiger partial charge in [0.1, 0.15) is 11.8 Å². The molecule has 0 bridgehead atoms. The lowest BCUT2D eigenvalue weighted by Gasteiger charge is -2.31. The lowest BCUT2D eigenvalue weighted by Crippen LogP contribution is -2.41. The van der Waals surface area contributed by atoms with Gasteiger partial charge in [0.15, 0.2) is 0 Å². The zero-order valence-corrected chi connectivity index (χ0v) is 19.0. The number of hydrazine groups is 1. The Morgan fingerprint density at radius 2 is 1.45 bits per heavy atom. The average molecular weight is 478 g/mol. The number of rotatable bonds is 4. The van der Waals surface area contributed by atoms with Crippen molar-refractivity contribution in [3.8, 4) is 5.75 Å². The Kier molecular flexibility index (Phi) is 5.30. The maximum atomic E-state index is 13.6. The van der Waals surface area contributed by atoms with Gasteiger partial charge in [0, 0.05) is 16.1 Å². The maximum absolute atomic E-state index is 13.6. The quantitative estimate of drug-likeness (QED) is 0.572. The van der Waals surface area contributed by atoms with Gasteiger partial charge in [-0.05, 0) is 54.4 Å². The zero-order valence-electron chi connectivity index (χ0n) is 17.4. The van der Waals surface area contributed by atoms with Crippen LogP contribution in [0.15, 0.2) is 77.3 Å². The molecule has 2 aliphatic heterocycles. The number of nitrogens with one attached hydrogen (secondary N) is 2. The van der Waals surface area contributed by atoms with E-state index in [4.69, 9.17) is 4.74 Å². The molecule has 2 N–H and O–H groups in total. The molecule has 0 spiro atoms. The number of halogens is 1. The molecule has 5 nitrogen and oxygen atoms in total. The van der Waals surface area contributed by atoms with E-state index < -0.39 is 0 Å². The lowest BCUT2D eigenvalue weighted by atomic mass is 9.83. The molecule has 2 fully saturated rings. The second-order valence-corrected chi connectivity index (χ2v) is 9.05. The molecule has 3 aromatic carbocycles. The van der Waals surface area contributed by atoms with Crippen LogP contribution >= 0.6 is 15.9 Å². The van der Waals surface area contributed by atoms with Gasteiger partial charge in [-0.25, -0.2) is 10.9 Å². The van der Waals surface area contributed by atoms with Crippen LogP contribution in [0, 0.1) is 12.8 Å². The number of carbonyl (C=O) groups is 1. The van der Waals surface area contributed by atoms with Gasteiger partial charge in [-0.2, -0.15) is 0 Å². The SMILES string of the molecule is COc1ccc(C2C3C(NNC3c3ccc(Br)cc3)C(=O)N2c2ccc(C)cc2)cc1. The maximum Gasteiger partial charge on any atom is 0.246 e. The highest BCUT2D eigenvalue weighted by atomic mass is 79.9. The summed E-state index contributed by atoms with van der Waals surface area (Å²) < 4.78 is 6.39. The number of hydrogen-bond acceptors (Lipinski definition) is 4. The van der Waals surface area contributed by atoms with Crippen molar-refractivity contribution in [1.29, 1.82) is 0 Å². The normalized spacial score (nSPS) is 25.0. The first kappa shape index (κ1) is 20.2. The van der Waals surface area contributed by atoms with E-state index in [1.807, 2.05) is 41.3 Å². The Balaban J connectivity index is 1.61. The summed E-state index contributed by atoms with van der Waals surface area (Å²) in [4.78, 5) is 15.6. The Labute approximate surface area is 190 Å². The molecule has 3 aromatic rings. The molecule has 0 saturated carbocycles. The molecule has 31 heavy (non-hydrogen) atoms. The average Bonchev–Trinajstić information content (AvgIpc) is 3.34. The zero-order chi connectivity index (χ0) is 21.5. The fourth-order valence-electron chi connectivity index (χ4n) is 4.76. The van der Waals surface area contributed by atoms with E-state index in [1.165, 1.54) is 5.56 Å². The minimum atomic E-state index is -0.304. The van der Waals surface area contributed by atoms with Crippen LogP contribution in [0.2, 0.25) is 0 Å². The van der Waals surface area contributed by atoms with Crippen molar-refractivity contribution in [1.82, 2.24) is 10.9 Å². The molecule has 0 aliphatic carbocycles. The van der Waals surface area contributed by atoms with E-state index in [2.05, 4.69) is 70.1 Å². The van der Waals surface area contributed by atoms with Crippen LogP contribution in [0.3, 0.4) is 0 Å². The van der Waals surface area contributed by atoms with E-state index >= 15 is 0 Å². The van der Waals surface area contributed by atoms with E-state index in [9.17, 15) is 4.79 Å². The largest absolute Gasteiger partial charge is 0.497 e. The predicted octanol–water partition coefficient (Wildman–Crippen LogP) is 4.69. The van der Waals surface area contributed by atoms with Crippen molar-refractivity contribution >= 4 is 27.5 Å². The van der Waals surface area contributed by atoms with Gasteiger partial charge in [-0.1, -0.05) is 57.9 Å². The smallest absolute Gasteiger partial charge is 0.246 e. The first-order valence-electron chi connectivity index (χ1n) is 10.4. The molecule has 158 valence electrons. The van der Waals surface area contributed by atoms with Gasteiger partial charge in [-0.3, -0.25) is 4.79 Å². The molecule has 6 heteroatoms. The van der Waals surface area contributed by atoms with Crippen LogP contribution in [-0.2, 0) is 4.79 Å². The van der Waals surface area contributed by atoms with Crippen LogP contribution in [0.25, 0.3) is 0 Å². The summed E-state index contributed by atoms with van der Waals surface area (Å²) in [5.74, 6) is 0.920. The highest BCUT2D eigenvalue weighted by molar-refractivity contribution is 9.10. The first-order chi connectivity index (χ1) is 15.1. The molecule has 2 heterocycles. The standard InChI is InChI=1S/C25H24BrN3O2/c1-15-3-11-19(12-4-15)29-24(17-7-13-20(31-2)14-8-17)21-22(27-28-23(21)25(29)30)16-5-9-18(26)10-6-16/h3-14,21-24,27-28H,1-2H3. The van der Waals surface area contributed by atoms with Crippen molar-refractivity contribution in [2.24, 2.45) is 5.92 Å². The van der Waals surface area contributed by atoms with Crippen molar-refractivity contribution in [2.75, 3.05) is 12.0 Å². The van der Waals surface area contributed by atoms with Crippen LogP contribution in [0.4, 0.5) is 5.69 Å². The molecule has 1 amide bonds. The summed E-state index contributed by atoms with van der Waals surface area (Å²) in [6.07, 6.45) is 0. The summed E-state index contributed by atoms with van der Waals surface area (Å²) in [5, 5.41) is 0. The molecule has 2 aliphatic rings. The van der Waals surface area contributed by atoms with E-state index in [-0.39, 0.29) is 30.0 Å². The van der Waals surface area contributed by atoms with Crippen LogP contribution in [0.1, 0.15) is 28.8 Å². The fourth-order valence-corrected chi connectivity index (χ4v) is 5.02. The van der Waals surface area contributed by atoms with Gasteiger partial charge in [0.25, 0.3) is 0 Å². The number of ether oxygens (including phenoxy) is 1. The summed E-state index contributed by atoms with van der Waals surface area (Å²) in [6.45, 7) is 2.06. The topological polar surface area (TPSA) is 53.6 Å². The number of fused-ring (bicyclic) bond motifs is 1. The number of anilines is 1. The molecule has 2 saturated heterocycles. The van der Waals surface area contributed by atoms with Crippen LogP contribution in [0.5, 0.6) is 5.75 Å². The summed E-state index contributed by atoms with van der Waals surface area (Å²) in [7, 11) is 1.66. The third-order valence-electron chi connectivity index (χ3n) is 6.31. The van der Waals surface area contributed by atoms with Gasteiger partial charge in [-0.15, -0.1) is 0 Å². The van der Waals surface area contributed by atoms with Crippen molar-refractivity contribution in [2.45, 2.75) is 25.0 Å². The van der Waals surface area contributed by atoms with Gasteiger partial charge in [0.05, 0.1) is 19.2 Å². The third kappa shape index (κ3) is 3.55. The Hall–Kier alpha value is -2.67. The van der Waals surface area contributed by atoms with Crippen molar-refractivity contribution < 1.29 is 9.53 Å². The predicted molar refractivity (Wildman–Crippen MR) is 125 cm³/mol. The van der Waals surface area contributed by atoms with Crippen molar-refractivity contribution in [3.63, 3.8) is 0 Å². The highest BCUT2D eigenvalue weighted by Crippen LogP contribution is 2.49. The summed E-state index contributed by atoms with van der Waals surface area (Å²) in [6, 6.07) is 24.1. The fraction of sp³-hybridized carbons (Fsp3) is 0.240. The third-order valence-corrected chi connectivity index (χ3v) is 6.84. The number of aryl methyl sites for hydroxylation is 1. The minimum Gasteiger partial charge on any atom is -0.497 e. The second kappa shape index (κ2) is 8.11. The number of amides is 1. The number of nitrogens with zero attached hydrogens (tertiary/aromatic N) is 1. The molecule has 4 unspecified atom stereocenters. The first-order valence-corrected chi connectivity index (χ1v) is 11.2. The number of methoxy groups -OCH3 is 1. The van der Waals surface area contributed by atoms with E-state index in [1.54, 1.807) is 7.11 Å². The lowest BCUT2D eigenvalue weighted by molar-refractivity contribution is -0.119. The van der Waals surface area contributed by atoms with Gasteiger partial charge < -0.3 is 9.64 Å². The van der Waals surface area contributed by atoms with E-state index in [0.29, 0.717) is 0 Å². The number of hydrogen-bond donors (Lipinski definition) is 2. The monoisotopic (exact) mass is 477 g/mol. The minimum absolute atomic E-state index is 0.00426. The van der Waals surface area contributed by atoms with Gasteiger partial charge in [0.2, 0.25) is 5.91 Å². The van der Waals surface area contributed by atoms with Crippen LogP contribution < -0.4 is 20.5 Å². The Morgan fingerprint density at radius 1 is 0.839 bits per heavy atom. The molecule has 5 rings (SSSR count). The number of benzene rings is 3. The summed E-state index contributed by atoms with van der Waals surface area (Å²) >= 11 is 3.52. The highest BCUT2D eigenvalue weighted by Gasteiger charge is 2.55. The summed E-state index contributed by atoms with van der Waals surface area (Å²) in [5.41, 5.74) is 11.0. The molecule has 0 aromatic heterocycles. The van der Waals surface area contributed by atoms with Gasteiger partial charge >= 0.3 is 0 Å². The second-order valence-electron chi connectivity index (χ2n) is 8.13. The van der Waals surface area contributed by atoms with E-state index in [0.717, 1.165) is 27.0 Å². The van der Waals surface area contributed by atoms with Crippen molar-refractivity contribution in [3.05, 3.63) is 94.0 Å². The Bertz CT molecular complexity index is 1080. The molecular weight excluding hydrogens is 454 g/mol.